The number of hydrogen-bond donors (Lipinski definition) is 1. The molecule has 2 aromatic carbocycles. The van der Waals surface area contributed by atoms with Gasteiger partial charge in [-0.05, 0) is 29.8 Å². The Labute approximate surface area is 166 Å². The number of hydrogen-bond acceptors (Lipinski definition) is 6. The summed E-state index contributed by atoms with van der Waals surface area (Å²) in [6.45, 7) is 4.35. The van der Waals surface area contributed by atoms with Gasteiger partial charge in [-0.1, -0.05) is 24.3 Å². The summed E-state index contributed by atoms with van der Waals surface area (Å²) in [4.78, 5) is 15.2. The van der Waals surface area contributed by atoms with Crippen molar-refractivity contribution in [1.82, 2.24) is 4.90 Å². The van der Waals surface area contributed by atoms with E-state index < -0.39 is 6.10 Å². The second-order valence-electron chi connectivity index (χ2n) is 6.94. The number of piperazine rings is 1. The Hall–Kier alpha value is -2.57. The smallest absolute Gasteiger partial charge is 0.142 e. The van der Waals surface area contributed by atoms with Crippen LogP contribution in [0.15, 0.2) is 48.5 Å². The molecule has 0 bridgehead atoms. The number of aliphatic hydroxyl groups is 1. The van der Waals surface area contributed by atoms with E-state index in [1.807, 2.05) is 42.5 Å². The van der Waals surface area contributed by atoms with Crippen molar-refractivity contribution in [3.8, 4) is 11.5 Å². The van der Waals surface area contributed by atoms with Crippen molar-refractivity contribution >= 4 is 12.0 Å². The Kier molecular flexibility index (Phi) is 7.28. The summed E-state index contributed by atoms with van der Waals surface area (Å²) in [5.74, 6) is 1.57. The van der Waals surface area contributed by atoms with E-state index in [1.165, 1.54) is 0 Å². The zero-order valence-electron chi connectivity index (χ0n) is 16.3. The van der Waals surface area contributed by atoms with E-state index in [-0.39, 0.29) is 6.61 Å². The van der Waals surface area contributed by atoms with Crippen LogP contribution in [-0.4, -0.2) is 68.8 Å². The number of benzene rings is 2. The quantitative estimate of drug-likeness (QED) is 0.668. The largest absolute Gasteiger partial charge is 0.495 e. The lowest BCUT2D eigenvalue weighted by Gasteiger charge is -2.37. The van der Waals surface area contributed by atoms with Crippen LogP contribution >= 0.6 is 0 Å². The Bertz CT molecular complexity index is 760. The topological polar surface area (TPSA) is 62.2 Å². The third kappa shape index (κ3) is 5.47. The summed E-state index contributed by atoms with van der Waals surface area (Å²) in [5, 5.41) is 10.3. The van der Waals surface area contributed by atoms with Crippen LogP contribution in [0.1, 0.15) is 5.56 Å². The van der Waals surface area contributed by atoms with Crippen LogP contribution in [0, 0.1) is 0 Å². The number of nitrogens with zero attached hydrogens (tertiary/aromatic N) is 2. The molecular formula is C22H28N2O4. The molecule has 1 atom stereocenters. The maximum atomic E-state index is 10.6. The predicted molar refractivity (Wildman–Crippen MR) is 109 cm³/mol. The molecule has 0 aliphatic carbocycles. The monoisotopic (exact) mass is 384 g/mol. The van der Waals surface area contributed by atoms with Crippen molar-refractivity contribution in [2.45, 2.75) is 12.5 Å². The highest BCUT2D eigenvalue weighted by atomic mass is 16.5. The average Bonchev–Trinajstić information content (AvgIpc) is 2.73. The fraction of sp³-hybridized carbons (Fsp3) is 0.409. The molecule has 1 fully saturated rings. The van der Waals surface area contributed by atoms with Crippen molar-refractivity contribution in [3.63, 3.8) is 0 Å². The minimum absolute atomic E-state index is 0.233. The van der Waals surface area contributed by atoms with Gasteiger partial charge in [-0.25, -0.2) is 0 Å². The number of carbonyl (C=O) groups excluding carboxylic acids is 1. The molecule has 0 amide bonds. The molecule has 1 N–H and O–H groups in total. The zero-order chi connectivity index (χ0) is 19.8. The molecule has 150 valence electrons. The highest BCUT2D eigenvalue weighted by molar-refractivity contribution is 5.58. The molecule has 6 nitrogen and oxygen atoms in total. The molecule has 0 saturated carbocycles. The number of carbonyl (C=O) groups is 1. The molecular weight excluding hydrogens is 356 g/mol. The van der Waals surface area contributed by atoms with Gasteiger partial charge in [0.05, 0.1) is 12.8 Å². The van der Waals surface area contributed by atoms with Crippen molar-refractivity contribution in [2.75, 3.05) is 51.3 Å². The first-order valence-corrected chi connectivity index (χ1v) is 9.63. The van der Waals surface area contributed by atoms with Gasteiger partial charge in [0, 0.05) is 39.1 Å². The summed E-state index contributed by atoms with van der Waals surface area (Å²) in [6, 6.07) is 15.5. The lowest BCUT2D eigenvalue weighted by atomic mass is 10.1. The van der Waals surface area contributed by atoms with Gasteiger partial charge in [0.25, 0.3) is 0 Å². The molecule has 0 spiro atoms. The van der Waals surface area contributed by atoms with Gasteiger partial charge in [0.1, 0.15) is 30.5 Å². The van der Waals surface area contributed by atoms with Crippen LogP contribution in [0.25, 0.3) is 0 Å². The third-order valence-corrected chi connectivity index (χ3v) is 4.93. The SMILES string of the molecule is COc1ccccc1N1CCN(CC(O)COc2cccc(CC=O)c2)CC1. The summed E-state index contributed by atoms with van der Waals surface area (Å²) in [6.07, 6.45) is 0.682. The highest BCUT2D eigenvalue weighted by Crippen LogP contribution is 2.28. The lowest BCUT2D eigenvalue weighted by molar-refractivity contribution is -0.107. The fourth-order valence-electron chi connectivity index (χ4n) is 3.46. The van der Waals surface area contributed by atoms with E-state index in [4.69, 9.17) is 9.47 Å². The van der Waals surface area contributed by atoms with Crippen molar-refractivity contribution < 1.29 is 19.4 Å². The number of aldehydes is 1. The number of β-amino-alcohol motifs (C(OH)–C–C–N with tert-alkyl or cyclic N) is 1. The van der Waals surface area contributed by atoms with Crippen LogP contribution in [0.5, 0.6) is 11.5 Å². The van der Waals surface area contributed by atoms with Gasteiger partial charge in [0.15, 0.2) is 0 Å². The fourth-order valence-corrected chi connectivity index (χ4v) is 3.46. The number of anilines is 1. The molecule has 3 rings (SSSR count). The summed E-state index contributed by atoms with van der Waals surface area (Å²) in [7, 11) is 1.69. The lowest BCUT2D eigenvalue weighted by Crippen LogP contribution is -2.49. The molecule has 2 aromatic rings. The van der Waals surface area contributed by atoms with Crippen LogP contribution in [-0.2, 0) is 11.2 Å². The molecule has 0 radical (unpaired) electrons. The van der Waals surface area contributed by atoms with E-state index in [0.717, 1.165) is 49.5 Å². The van der Waals surface area contributed by atoms with Gasteiger partial charge in [-0.2, -0.15) is 0 Å². The Morgan fingerprint density at radius 1 is 1.11 bits per heavy atom. The second-order valence-corrected chi connectivity index (χ2v) is 6.94. The maximum absolute atomic E-state index is 10.6. The van der Waals surface area contributed by atoms with Gasteiger partial charge in [-0.3, -0.25) is 4.90 Å². The van der Waals surface area contributed by atoms with E-state index in [1.54, 1.807) is 7.11 Å². The number of rotatable bonds is 9. The molecule has 1 heterocycles. The van der Waals surface area contributed by atoms with Crippen molar-refractivity contribution in [3.05, 3.63) is 54.1 Å². The molecule has 1 aliphatic heterocycles. The zero-order valence-corrected chi connectivity index (χ0v) is 16.3. The Morgan fingerprint density at radius 3 is 2.64 bits per heavy atom. The number of para-hydroxylation sites is 2. The number of ether oxygens (including phenoxy) is 2. The van der Waals surface area contributed by atoms with Gasteiger partial charge >= 0.3 is 0 Å². The normalized spacial score (nSPS) is 15.9. The van der Waals surface area contributed by atoms with Crippen LogP contribution in [0.4, 0.5) is 5.69 Å². The van der Waals surface area contributed by atoms with E-state index in [9.17, 15) is 9.90 Å². The molecule has 6 heteroatoms. The van der Waals surface area contributed by atoms with E-state index in [0.29, 0.717) is 18.7 Å². The van der Waals surface area contributed by atoms with Gasteiger partial charge in [0.2, 0.25) is 0 Å². The second kappa shape index (κ2) is 10.1. The van der Waals surface area contributed by atoms with Gasteiger partial charge in [-0.15, -0.1) is 0 Å². The summed E-state index contributed by atoms with van der Waals surface area (Å²) < 4.78 is 11.2. The minimum atomic E-state index is -0.562. The van der Waals surface area contributed by atoms with E-state index in [2.05, 4.69) is 15.9 Å². The molecule has 1 saturated heterocycles. The molecule has 1 aliphatic rings. The standard InChI is InChI=1S/C22H28N2O4/c1-27-22-8-3-2-7-21(22)24-12-10-23(11-13-24)16-19(26)17-28-20-6-4-5-18(15-20)9-14-25/h2-8,14-15,19,26H,9-13,16-17H2,1H3. The summed E-state index contributed by atoms with van der Waals surface area (Å²) in [5.41, 5.74) is 2.03. The van der Waals surface area contributed by atoms with E-state index >= 15 is 0 Å². The number of methoxy groups -OCH3 is 1. The predicted octanol–water partition coefficient (Wildman–Crippen LogP) is 2.00. The molecule has 28 heavy (non-hydrogen) atoms. The summed E-state index contributed by atoms with van der Waals surface area (Å²) >= 11 is 0. The minimum Gasteiger partial charge on any atom is -0.495 e. The first-order chi connectivity index (χ1) is 13.7. The Morgan fingerprint density at radius 2 is 1.89 bits per heavy atom. The average molecular weight is 384 g/mol. The van der Waals surface area contributed by atoms with Crippen molar-refractivity contribution in [2.24, 2.45) is 0 Å². The van der Waals surface area contributed by atoms with Crippen LogP contribution in [0.2, 0.25) is 0 Å². The third-order valence-electron chi connectivity index (χ3n) is 4.93. The van der Waals surface area contributed by atoms with Crippen LogP contribution < -0.4 is 14.4 Å². The Balaban J connectivity index is 1.44. The highest BCUT2D eigenvalue weighted by Gasteiger charge is 2.21. The maximum Gasteiger partial charge on any atom is 0.142 e. The first kappa shape index (κ1) is 20.2. The molecule has 0 aromatic heterocycles. The van der Waals surface area contributed by atoms with Gasteiger partial charge < -0.3 is 24.3 Å². The molecule has 1 unspecified atom stereocenters. The van der Waals surface area contributed by atoms with Crippen LogP contribution in [0.3, 0.4) is 0 Å². The van der Waals surface area contributed by atoms with Crippen molar-refractivity contribution in [1.29, 1.82) is 0 Å². The number of aliphatic hydroxyl groups excluding tert-OH is 1. The first-order valence-electron chi connectivity index (χ1n) is 9.63.